The highest BCUT2D eigenvalue weighted by molar-refractivity contribution is 6.36. The molecule has 7 heteroatoms. The minimum atomic E-state index is -0.458. The molecular weight excluding hydrogens is 321 g/mol. The van der Waals surface area contributed by atoms with Crippen molar-refractivity contribution in [3.05, 3.63) is 34.1 Å². The zero-order chi connectivity index (χ0) is 13.5. The lowest BCUT2D eigenvalue weighted by Crippen LogP contribution is -2.34. The summed E-state index contributed by atoms with van der Waals surface area (Å²) in [6.07, 6.45) is 3.98. The highest BCUT2D eigenvalue weighted by Gasteiger charge is 2.36. The van der Waals surface area contributed by atoms with Crippen molar-refractivity contribution in [2.75, 3.05) is 0 Å². The molecule has 1 aromatic carbocycles. The average Bonchev–Trinajstić information content (AvgIpc) is 2.99. The van der Waals surface area contributed by atoms with E-state index in [1.807, 2.05) is 0 Å². The second-order valence-corrected chi connectivity index (χ2v) is 5.75. The molecule has 1 saturated carbocycles. The maximum absolute atomic E-state index is 6.29. The molecule has 0 unspecified atom stereocenters. The molecule has 0 amide bonds. The number of benzene rings is 1. The van der Waals surface area contributed by atoms with Crippen molar-refractivity contribution in [1.29, 1.82) is 0 Å². The molecule has 2 N–H and O–H groups in total. The van der Waals surface area contributed by atoms with Gasteiger partial charge < -0.3 is 10.3 Å². The Kier molecular flexibility index (Phi) is 4.59. The van der Waals surface area contributed by atoms with Gasteiger partial charge in [-0.15, -0.1) is 12.4 Å². The SMILES string of the molecule is Cl.NC1(c2noc(-c3ccc(Cl)cc3Cl)n2)CCCC1. The normalized spacial score (nSPS) is 16.9. The third-order valence-corrected chi connectivity index (χ3v) is 4.08. The molecule has 1 heterocycles. The summed E-state index contributed by atoms with van der Waals surface area (Å²) >= 11 is 12.0. The Labute approximate surface area is 133 Å². The molecule has 0 saturated heterocycles. The van der Waals surface area contributed by atoms with Crippen LogP contribution in [0.5, 0.6) is 0 Å². The van der Waals surface area contributed by atoms with Crippen molar-refractivity contribution < 1.29 is 4.52 Å². The Morgan fingerprint density at radius 3 is 2.55 bits per heavy atom. The van der Waals surface area contributed by atoms with Crippen molar-refractivity contribution in [2.45, 2.75) is 31.2 Å². The Hall–Kier alpha value is -0.810. The lowest BCUT2D eigenvalue weighted by Gasteiger charge is -2.17. The Balaban J connectivity index is 0.00000147. The standard InChI is InChI=1S/C13H13Cl2N3O.ClH/c14-8-3-4-9(10(15)7-8)11-17-12(18-19-11)13(16)5-1-2-6-13;/h3-4,7H,1-2,5-6,16H2;1H. The molecule has 3 rings (SSSR count). The van der Waals surface area contributed by atoms with Gasteiger partial charge in [-0.3, -0.25) is 0 Å². The first-order valence-corrected chi connectivity index (χ1v) is 6.93. The number of halogens is 3. The Bertz CT molecular complexity index is 609. The molecule has 1 aliphatic rings. The van der Waals surface area contributed by atoms with Crippen LogP contribution in [-0.2, 0) is 5.54 Å². The molecule has 108 valence electrons. The highest BCUT2D eigenvalue weighted by atomic mass is 35.5. The minimum absolute atomic E-state index is 0. The van der Waals surface area contributed by atoms with Crippen LogP contribution in [0.3, 0.4) is 0 Å². The van der Waals surface area contributed by atoms with Crippen LogP contribution in [0, 0.1) is 0 Å². The van der Waals surface area contributed by atoms with Crippen molar-refractivity contribution >= 4 is 35.6 Å². The Morgan fingerprint density at radius 1 is 1.20 bits per heavy atom. The van der Waals surface area contributed by atoms with E-state index < -0.39 is 5.54 Å². The molecule has 2 aromatic rings. The Morgan fingerprint density at radius 2 is 1.90 bits per heavy atom. The van der Waals surface area contributed by atoms with Crippen LogP contribution in [0.25, 0.3) is 11.5 Å². The first-order chi connectivity index (χ1) is 9.08. The summed E-state index contributed by atoms with van der Waals surface area (Å²) in [5.41, 5.74) is 6.51. The smallest absolute Gasteiger partial charge is 0.259 e. The maximum Gasteiger partial charge on any atom is 0.259 e. The molecule has 0 radical (unpaired) electrons. The summed E-state index contributed by atoms with van der Waals surface area (Å²) < 4.78 is 5.28. The molecule has 1 fully saturated rings. The van der Waals surface area contributed by atoms with Gasteiger partial charge in [-0.1, -0.05) is 41.2 Å². The van der Waals surface area contributed by atoms with E-state index >= 15 is 0 Å². The topological polar surface area (TPSA) is 64.9 Å². The predicted octanol–water partition coefficient (Wildman–Crippen LogP) is 4.19. The molecule has 0 spiro atoms. The summed E-state index contributed by atoms with van der Waals surface area (Å²) in [7, 11) is 0. The fourth-order valence-corrected chi connectivity index (χ4v) is 2.92. The van der Waals surface area contributed by atoms with E-state index in [0.29, 0.717) is 27.3 Å². The van der Waals surface area contributed by atoms with Crippen LogP contribution < -0.4 is 5.73 Å². The summed E-state index contributed by atoms with van der Waals surface area (Å²) in [5.74, 6) is 0.944. The summed E-state index contributed by atoms with van der Waals surface area (Å²) in [4.78, 5) is 4.39. The molecular formula is C13H14Cl3N3O. The van der Waals surface area contributed by atoms with Gasteiger partial charge in [-0.2, -0.15) is 4.98 Å². The zero-order valence-electron chi connectivity index (χ0n) is 10.6. The van der Waals surface area contributed by atoms with Crippen molar-refractivity contribution in [2.24, 2.45) is 5.73 Å². The second kappa shape index (κ2) is 5.90. The fourth-order valence-electron chi connectivity index (χ4n) is 2.43. The number of aromatic nitrogens is 2. The van der Waals surface area contributed by atoms with Crippen LogP contribution in [0.1, 0.15) is 31.5 Å². The minimum Gasteiger partial charge on any atom is -0.334 e. The van der Waals surface area contributed by atoms with Gasteiger partial charge in [-0.25, -0.2) is 0 Å². The van der Waals surface area contributed by atoms with Gasteiger partial charge in [-0.05, 0) is 31.0 Å². The summed E-state index contributed by atoms with van der Waals surface area (Å²) in [5, 5.41) is 5.06. The van der Waals surface area contributed by atoms with E-state index in [2.05, 4.69) is 10.1 Å². The third-order valence-electron chi connectivity index (χ3n) is 3.53. The van der Waals surface area contributed by atoms with E-state index in [-0.39, 0.29) is 12.4 Å². The quantitative estimate of drug-likeness (QED) is 0.894. The lowest BCUT2D eigenvalue weighted by molar-refractivity contribution is 0.372. The van der Waals surface area contributed by atoms with E-state index in [9.17, 15) is 0 Å². The van der Waals surface area contributed by atoms with Crippen molar-refractivity contribution in [3.63, 3.8) is 0 Å². The van der Waals surface area contributed by atoms with Gasteiger partial charge >= 0.3 is 0 Å². The molecule has 1 aliphatic carbocycles. The number of hydrogen-bond donors (Lipinski definition) is 1. The summed E-state index contributed by atoms with van der Waals surface area (Å²) in [6.45, 7) is 0. The highest BCUT2D eigenvalue weighted by Crippen LogP contribution is 2.36. The van der Waals surface area contributed by atoms with Gasteiger partial charge in [0, 0.05) is 5.02 Å². The molecule has 0 aliphatic heterocycles. The third kappa shape index (κ3) is 2.79. The zero-order valence-corrected chi connectivity index (χ0v) is 12.9. The maximum atomic E-state index is 6.29. The average molecular weight is 335 g/mol. The monoisotopic (exact) mass is 333 g/mol. The van der Waals surface area contributed by atoms with Crippen LogP contribution in [0.2, 0.25) is 10.0 Å². The molecule has 4 nitrogen and oxygen atoms in total. The van der Waals surface area contributed by atoms with Crippen molar-refractivity contribution in [1.82, 2.24) is 10.1 Å². The van der Waals surface area contributed by atoms with Gasteiger partial charge in [0.2, 0.25) is 0 Å². The van der Waals surface area contributed by atoms with Gasteiger partial charge in [0.15, 0.2) is 5.82 Å². The van der Waals surface area contributed by atoms with E-state index in [1.165, 1.54) is 0 Å². The predicted molar refractivity (Wildman–Crippen MR) is 81.3 cm³/mol. The largest absolute Gasteiger partial charge is 0.334 e. The van der Waals surface area contributed by atoms with E-state index in [1.54, 1.807) is 18.2 Å². The van der Waals surface area contributed by atoms with Crippen LogP contribution >= 0.6 is 35.6 Å². The first kappa shape index (κ1) is 15.6. The number of nitrogens with two attached hydrogens (primary N) is 1. The van der Waals surface area contributed by atoms with Gasteiger partial charge in [0.1, 0.15) is 0 Å². The molecule has 1 aromatic heterocycles. The van der Waals surface area contributed by atoms with E-state index in [4.69, 9.17) is 33.5 Å². The number of nitrogens with zero attached hydrogens (tertiary/aromatic N) is 2. The second-order valence-electron chi connectivity index (χ2n) is 4.91. The van der Waals surface area contributed by atoms with Crippen LogP contribution in [0.4, 0.5) is 0 Å². The molecule has 0 bridgehead atoms. The van der Waals surface area contributed by atoms with Crippen LogP contribution in [0.15, 0.2) is 22.7 Å². The molecule has 0 atom stereocenters. The van der Waals surface area contributed by atoms with Gasteiger partial charge in [0.25, 0.3) is 5.89 Å². The lowest BCUT2D eigenvalue weighted by atomic mass is 9.99. The number of rotatable bonds is 2. The van der Waals surface area contributed by atoms with Gasteiger partial charge in [0.05, 0.1) is 16.1 Å². The van der Waals surface area contributed by atoms with Crippen molar-refractivity contribution in [3.8, 4) is 11.5 Å². The van der Waals surface area contributed by atoms with E-state index in [0.717, 1.165) is 25.7 Å². The molecule has 20 heavy (non-hydrogen) atoms. The fraction of sp³-hybridized carbons (Fsp3) is 0.385. The van der Waals surface area contributed by atoms with Crippen LogP contribution in [-0.4, -0.2) is 10.1 Å². The number of hydrogen-bond acceptors (Lipinski definition) is 4. The first-order valence-electron chi connectivity index (χ1n) is 6.17. The summed E-state index contributed by atoms with van der Waals surface area (Å²) in [6, 6.07) is 5.15.